The van der Waals surface area contributed by atoms with E-state index in [1.165, 1.54) is 0 Å². The smallest absolute Gasteiger partial charge is 0.176 e. The molecule has 0 saturated carbocycles. The maximum absolute atomic E-state index is 9.14. The summed E-state index contributed by atoms with van der Waals surface area (Å²) in [6.07, 6.45) is 0. The third kappa shape index (κ3) is 4.49. The van der Waals surface area contributed by atoms with Gasteiger partial charge in [-0.15, -0.1) is 0 Å². The molecule has 4 N–H and O–H groups in total. The van der Waals surface area contributed by atoms with E-state index in [9.17, 15) is 0 Å². The molecule has 0 amide bonds. The lowest BCUT2D eigenvalue weighted by Crippen LogP contribution is -1.88. The van der Waals surface area contributed by atoms with Crippen LogP contribution in [0.15, 0.2) is 37.6 Å². The topological polar surface area (TPSA) is 116 Å². The maximum Gasteiger partial charge on any atom is 0.176 e. The van der Waals surface area contributed by atoms with Crippen molar-refractivity contribution in [1.29, 1.82) is 0 Å². The van der Waals surface area contributed by atoms with E-state index in [-0.39, 0.29) is 26.4 Å². The molecule has 2 aromatic heterocycles. The lowest BCUT2D eigenvalue weighted by Gasteiger charge is -2.03. The third-order valence-electron chi connectivity index (χ3n) is 5.19. The van der Waals surface area contributed by atoms with Gasteiger partial charge in [0.1, 0.15) is 30.3 Å². The Labute approximate surface area is 187 Å². The highest BCUT2D eigenvalue weighted by Crippen LogP contribution is 2.34. The molecule has 0 radical (unpaired) electrons. The molecule has 2 aromatic carbocycles. The van der Waals surface area contributed by atoms with Gasteiger partial charge in [-0.3, -0.25) is 0 Å². The Hall–Kier alpha value is -2.36. The average Bonchev–Trinajstić information content (AvgIpc) is 3.30. The molecule has 0 atom stereocenters. The van der Waals surface area contributed by atoms with Crippen LogP contribution in [0.1, 0.15) is 33.8 Å². The Bertz CT molecular complexity index is 1210. The number of methoxy groups -OCH3 is 1. The first kappa shape index (κ1) is 23.3. The molecule has 31 heavy (non-hydrogen) atoms. The zero-order chi connectivity index (χ0) is 22.7. The summed E-state index contributed by atoms with van der Waals surface area (Å²) < 4.78 is 17.0. The van der Waals surface area contributed by atoms with E-state index in [1.807, 2.05) is 32.0 Å². The van der Waals surface area contributed by atoms with Crippen LogP contribution >= 0.6 is 15.9 Å². The van der Waals surface area contributed by atoms with E-state index in [1.54, 1.807) is 13.2 Å². The van der Waals surface area contributed by atoms with Crippen molar-refractivity contribution in [3.8, 4) is 5.75 Å². The van der Waals surface area contributed by atoms with Gasteiger partial charge in [-0.25, -0.2) is 0 Å². The third-order valence-corrected chi connectivity index (χ3v) is 5.77. The molecule has 166 valence electrons. The molecular formula is C23H25BrO7. The highest BCUT2D eigenvalue weighted by atomic mass is 79.9. The minimum atomic E-state index is -0.141. The molecule has 0 saturated heterocycles. The van der Waals surface area contributed by atoms with Gasteiger partial charge in [0.15, 0.2) is 11.3 Å². The number of furan rings is 2. The number of hydrogen-bond donors (Lipinski definition) is 4. The van der Waals surface area contributed by atoms with Crippen molar-refractivity contribution in [3.05, 3.63) is 62.5 Å². The van der Waals surface area contributed by atoms with Crippen LogP contribution in [0.4, 0.5) is 0 Å². The number of halogens is 1. The number of hydrogen-bond acceptors (Lipinski definition) is 7. The number of fused-ring (bicyclic) bond motifs is 2. The molecule has 0 spiro atoms. The predicted molar refractivity (Wildman–Crippen MR) is 120 cm³/mol. The summed E-state index contributed by atoms with van der Waals surface area (Å²) in [6.45, 7) is 3.46. The average molecular weight is 493 g/mol. The number of aliphatic hydroxyl groups excluding tert-OH is 4. The molecule has 0 aliphatic heterocycles. The van der Waals surface area contributed by atoms with E-state index < -0.39 is 0 Å². The molecule has 8 heteroatoms. The Morgan fingerprint density at radius 3 is 1.71 bits per heavy atom. The predicted octanol–water partition coefficient (Wildman–Crippen LogP) is 4.22. The number of benzene rings is 2. The highest BCUT2D eigenvalue weighted by molar-refractivity contribution is 9.10. The number of ether oxygens (including phenoxy) is 1. The van der Waals surface area contributed by atoms with E-state index >= 15 is 0 Å². The molecule has 4 aromatic rings. The van der Waals surface area contributed by atoms with Gasteiger partial charge in [-0.05, 0) is 65.2 Å². The van der Waals surface area contributed by atoms with Gasteiger partial charge < -0.3 is 34.0 Å². The lowest BCUT2D eigenvalue weighted by molar-refractivity contribution is 0.249. The van der Waals surface area contributed by atoms with Crippen molar-refractivity contribution < 1.29 is 34.0 Å². The van der Waals surface area contributed by atoms with Crippen LogP contribution in [0.5, 0.6) is 5.75 Å². The van der Waals surface area contributed by atoms with Gasteiger partial charge in [0, 0.05) is 21.9 Å². The molecule has 7 nitrogen and oxygen atoms in total. The first-order valence-corrected chi connectivity index (χ1v) is 10.4. The van der Waals surface area contributed by atoms with Crippen molar-refractivity contribution in [2.24, 2.45) is 0 Å². The van der Waals surface area contributed by atoms with Gasteiger partial charge in [0.25, 0.3) is 0 Å². The maximum atomic E-state index is 9.14. The number of rotatable bonds is 5. The SMILES string of the molecule is COc1cc(CO)cc2c(C)c(CO)oc12.Cc1c(CO)oc2c(Br)cc(CO)cc12. The molecule has 0 fully saturated rings. The molecule has 0 bridgehead atoms. The summed E-state index contributed by atoms with van der Waals surface area (Å²) in [5, 5.41) is 38.2. The molecular weight excluding hydrogens is 468 g/mol. The summed E-state index contributed by atoms with van der Waals surface area (Å²) >= 11 is 3.38. The first-order valence-electron chi connectivity index (χ1n) is 9.61. The summed E-state index contributed by atoms with van der Waals surface area (Å²) in [7, 11) is 1.55. The van der Waals surface area contributed by atoms with Crippen LogP contribution in [0.25, 0.3) is 21.9 Å². The van der Waals surface area contributed by atoms with E-state index in [4.69, 9.17) is 34.0 Å². The highest BCUT2D eigenvalue weighted by Gasteiger charge is 2.15. The Morgan fingerprint density at radius 1 is 0.742 bits per heavy atom. The fraction of sp³-hybridized carbons (Fsp3) is 0.304. The zero-order valence-corrected chi connectivity index (χ0v) is 19.1. The van der Waals surface area contributed by atoms with Crippen LogP contribution in [0.2, 0.25) is 0 Å². The Balaban J connectivity index is 0.000000176. The van der Waals surface area contributed by atoms with Crippen molar-refractivity contribution in [3.63, 3.8) is 0 Å². The Kier molecular flexibility index (Phi) is 7.40. The quantitative estimate of drug-likeness (QED) is 0.329. The van der Waals surface area contributed by atoms with Crippen LogP contribution in [0, 0.1) is 13.8 Å². The van der Waals surface area contributed by atoms with Gasteiger partial charge in [-0.1, -0.05) is 0 Å². The Morgan fingerprint density at radius 2 is 1.23 bits per heavy atom. The standard InChI is InChI=1S/C12H14O4.C11H11BrO3/c1-7-9-3-8(5-13)4-10(15-2)12(9)16-11(7)6-14;1-6-8-2-7(4-13)3-9(12)11(8)15-10(6)5-14/h3-4,13-14H,5-6H2,1-2H3;2-3,13-14H,4-5H2,1H3. The number of aryl methyl sites for hydroxylation is 2. The van der Waals surface area contributed by atoms with Gasteiger partial charge in [-0.2, -0.15) is 0 Å². The summed E-state index contributed by atoms with van der Waals surface area (Å²) in [5.41, 5.74) is 4.71. The molecule has 2 heterocycles. The second-order valence-corrected chi connectivity index (χ2v) is 7.92. The molecule has 0 aliphatic rings. The minimum Gasteiger partial charge on any atom is -0.493 e. The zero-order valence-electron chi connectivity index (χ0n) is 17.5. The minimum absolute atomic E-state index is 0.00633. The van der Waals surface area contributed by atoms with Gasteiger partial charge in [0.2, 0.25) is 0 Å². The normalized spacial score (nSPS) is 11.1. The molecule has 0 aliphatic carbocycles. The van der Waals surface area contributed by atoms with Crippen LogP contribution in [-0.2, 0) is 26.4 Å². The lowest BCUT2D eigenvalue weighted by atomic mass is 10.1. The van der Waals surface area contributed by atoms with Crippen molar-refractivity contribution in [1.82, 2.24) is 0 Å². The summed E-state index contributed by atoms with van der Waals surface area (Å²) in [5.74, 6) is 1.67. The van der Waals surface area contributed by atoms with Crippen molar-refractivity contribution in [2.75, 3.05) is 7.11 Å². The largest absolute Gasteiger partial charge is 0.493 e. The van der Waals surface area contributed by atoms with Crippen molar-refractivity contribution in [2.45, 2.75) is 40.3 Å². The number of aliphatic hydroxyl groups is 4. The molecule has 4 rings (SSSR count). The van der Waals surface area contributed by atoms with Crippen LogP contribution < -0.4 is 4.74 Å². The van der Waals surface area contributed by atoms with Crippen LogP contribution in [0.3, 0.4) is 0 Å². The van der Waals surface area contributed by atoms with Crippen LogP contribution in [-0.4, -0.2) is 27.5 Å². The fourth-order valence-electron chi connectivity index (χ4n) is 3.41. The first-order chi connectivity index (χ1) is 14.9. The van der Waals surface area contributed by atoms with Gasteiger partial charge in [0.05, 0.1) is 24.8 Å². The van der Waals surface area contributed by atoms with E-state index in [0.29, 0.717) is 28.4 Å². The van der Waals surface area contributed by atoms with E-state index in [2.05, 4.69) is 15.9 Å². The summed E-state index contributed by atoms with van der Waals surface area (Å²) in [4.78, 5) is 0. The second-order valence-electron chi connectivity index (χ2n) is 7.06. The van der Waals surface area contributed by atoms with E-state index in [0.717, 1.165) is 37.5 Å². The van der Waals surface area contributed by atoms with Gasteiger partial charge >= 0.3 is 0 Å². The summed E-state index contributed by atoms with van der Waals surface area (Å²) in [6, 6.07) is 7.26. The monoisotopic (exact) mass is 492 g/mol. The van der Waals surface area contributed by atoms with Crippen molar-refractivity contribution >= 4 is 37.9 Å². The fourth-order valence-corrected chi connectivity index (χ4v) is 4.00. The molecule has 0 unspecified atom stereocenters. The second kappa shape index (κ2) is 9.84.